The number of esters is 1. The van der Waals surface area contributed by atoms with Gasteiger partial charge in [0.15, 0.2) is 0 Å². The number of sulfonamides is 1. The third kappa shape index (κ3) is 4.05. The summed E-state index contributed by atoms with van der Waals surface area (Å²) in [6.07, 6.45) is 0. The van der Waals surface area contributed by atoms with Crippen molar-refractivity contribution in [2.75, 3.05) is 18.9 Å². The number of rotatable bonds is 5. The predicted octanol–water partition coefficient (Wildman–Crippen LogP) is 3.55. The van der Waals surface area contributed by atoms with Crippen LogP contribution in [0.5, 0.6) is 5.75 Å². The van der Waals surface area contributed by atoms with Gasteiger partial charge in [0, 0.05) is 5.69 Å². The lowest BCUT2D eigenvalue weighted by molar-refractivity contribution is 0.0601. The third-order valence-electron chi connectivity index (χ3n) is 3.56. The molecule has 2 aromatic carbocycles. The molecule has 0 heterocycles. The molecular weight excluding hydrogens is 366 g/mol. The first-order chi connectivity index (χ1) is 11.7. The lowest BCUT2D eigenvalue weighted by atomic mass is 10.1. The number of ether oxygens (including phenoxy) is 2. The van der Waals surface area contributed by atoms with Gasteiger partial charge in [0.2, 0.25) is 0 Å². The van der Waals surface area contributed by atoms with Crippen LogP contribution < -0.4 is 9.46 Å². The summed E-state index contributed by atoms with van der Waals surface area (Å²) < 4.78 is 37.8. The average molecular weight is 384 g/mol. The molecule has 0 amide bonds. The van der Waals surface area contributed by atoms with Gasteiger partial charge in [-0.25, -0.2) is 13.2 Å². The minimum Gasteiger partial charge on any atom is -0.497 e. The van der Waals surface area contributed by atoms with Gasteiger partial charge in [0.1, 0.15) is 5.75 Å². The molecule has 1 N–H and O–H groups in total. The molecule has 0 fully saturated rings. The van der Waals surface area contributed by atoms with Crippen LogP contribution in [0.3, 0.4) is 0 Å². The van der Waals surface area contributed by atoms with E-state index in [9.17, 15) is 13.2 Å². The summed E-state index contributed by atoms with van der Waals surface area (Å²) in [5.41, 5.74) is 1.38. The molecule has 0 aliphatic heterocycles. The van der Waals surface area contributed by atoms with E-state index in [0.717, 1.165) is 0 Å². The maximum absolute atomic E-state index is 12.8. The van der Waals surface area contributed by atoms with Gasteiger partial charge in [-0.15, -0.1) is 0 Å². The highest BCUT2D eigenvalue weighted by atomic mass is 35.5. The van der Waals surface area contributed by atoms with E-state index >= 15 is 0 Å². The molecule has 0 aliphatic rings. The monoisotopic (exact) mass is 383 g/mol. The van der Waals surface area contributed by atoms with Crippen LogP contribution in [-0.4, -0.2) is 28.6 Å². The third-order valence-corrected chi connectivity index (χ3v) is 5.58. The minimum atomic E-state index is -3.86. The van der Waals surface area contributed by atoms with E-state index in [4.69, 9.17) is 16.3 Å². The fourth-order valence-corrected chi connectivity index (χ4v) is 4.21. The number of aryl methyl sites for hydroxylation is 2. The molecule has 2 aromatic rings. The Labute approximate surface area is 151 Å². The number of hydrogen-bond donors (Lipinski definition) is 1. The summed E-state index contributed by atoms with van der Waals surface area (Å²) in [6.45, 7) is 3.37. The summed E-state index contributed by atoms with van der Waals surface area (Å²) >= 11 is 5.95. The molecule has 0 saturated carbocycles. The van der Waals surface area contributed by atoms with Crippen LogP contribution in [0.1, 0.15) is 21.5 Å². The Balaban J connectivity index is 2.45. The Hall–Kier alpha value is -2.25. The fourth-order valence-electron chi connectivity index (χ4n) is 2.51. The Morgan fingerprint density at radius 1 is 1.08 bits per heavy atom. The van der Waals surface area contributed by atoms with Gasteiger partial charge in [0.25, 0.3) is 10.0 Å². The zero-order valence-corrected chi connectivity index (χ0v) is 15.8. The number of methoxy groups -OCH3 is 2. The number of nitrogens with one attached hydrogen (secondary N) is 1. The Bertz CT molecular complexity index is 902. The number of carbonyl (C=O) groups is 1. The Morgan fingerprint density at radius 2 is 1.68 bits per heavy atom. The van der Waals surface area contributed by atoms with Crippen molar-refractivity contribution in [3.05, 3.63) is 52.0 Å². The van der Waals surface area contributed by atoms with Crippen molar-refractivity contribution < 1.29 is 22.7 Å². The van der Waals surface area contributed by atoms with Crippen LogP contribution in [0.15, 0.2) is 35.2 Å². The Kier molecular flexibility index (Phi) is 5.59. The van der Waals surface area contributed by atoms with E-state index in [0.29, 0.717) is 16.9 Å². The van der Waals surface area contributed by atoms with Gasteiger partial charge >= 0.3 is 5.97 Å². The van der Waals surface area contributed by atoms with Crippen LogP contribution in [0.2, 0.25) is 5.02 Å². The molecule has 134 valence electrons. The molecule has 0 bridgehead atoms. The molecular formula is C17H18ClNO5S. The van der Waals surface area contributed by atoms with E-state index in [1.165, 1.54) is 32.4 Å². The van der Waals surface area contributed by atoms with Gasteiger partial charge in [-0.2, -0.15) is 0 Å². The van der Waals surface area contributed by atoms with Gasteiger partial charge in [-0.05, 0) is 55.3 Å². The zero-order valence-electron chi connectivity index (χ0n) is 14.2. The quantitative estimate of drug-likeness (QED) is 0.798. The number of carbonyl (C=O) groups excluding carboxylic acids is 1. The largest absolute Gasteiger partial charge is 0.497 e. The molecule has 0 spiro atoms. The molecule has 25 heavy (non-hydrogen) atoms. The topological polar surface area (TPSA) is 81.7 Å². The van der Waals surface area contributed by atoms with Crippen molar-refractivity contribution in [2.24, 2.45) is 0 Å². The van der Waals surface area contributed by atoms with Crippen molar-refractivity contribution in [1.29, 1.82) is 0 Å². The van der Waals surface area contributed by atoms with Crippen LogP contribution in [0.4, 0.5) is 5.69 Å². The van der Waals surface area contributed by atoms with Crippen LogP contribution in [-0.2, 0) is 14.8 Å². The normalized spacial score (nSPS) is 11.1. The summed E-state index contributed by atoms with van der Waals surface area (Å²) in [5.74, 6) is -0.0729. The molecule has 0 aromatic heterocycles. The van der Waals surface area contributed by atoms with E-state index in [-0.39, 0.29) is 21.2 Å². The number of anilines is 1. The highest BCUT2D eigenvalue weighted by molar-refractivity contribution is 7.92. The van der Waals surface area contributed by atoms with Crippen LogP contribution in [0.25, 0.3) is 0 Å². The second-order valence-electron chi connectivity index (χ2n) is 5.38. The van der Waals surface area contributed by atoms with Crippen molar-refractivity contribution in [3.63, 3.8) is 0 Å². The van der Waals surface area contributed by atoms with E-state index < -0.39 is 16.0 Å². The molecule has 0 radical (unpaired) electrons. The van der Waals surface area contributed by atoms with E-state index in [2.05, 4.69) is 9.46 Å². The number of hydrogen-bond acceptors (Lipinski definition) is 5. The highest BCUT2D eigenvalue weighted by Crippen LogP contribution is 2.28. The molecule has 0 unspecified atom stereocenters. The fraction of sp³-hybridized carbons (Fsp3) is 0.235. The van der Waals surface area contributed by atoms with Crippen molar-refractivity contribution >= 4 is 33.3 Å². The molecule has 0 saturated heterocycles. The molecule has 0 aliphatic carbocycles. The maximum atomic E-state index is 12.8. The molecule has 2 rings (SSSR count). The van der Waals surface area contributed by atoms with Crippen molar-refractivity contribution in [2.45, 2.75) is 18.7 Å². The summed E-state index contributed by atoms with van der Waals surface area (Å²) in [4.78, 5) is 11.9. The SMILES string of the molecule is COC(=O)c1cc(NS(=O)(=O)c2c(C)cc(OC)cc2C)ccc1Cl. The molecule has 8 heteroatoms. The highest BCUT2D eigenvalue weighted by Gasteiger charge is 2.22. The van der Waals surface area contributed by atoms with E-state index in [1.807, 2.05) is 0 Å². The van der Waals surface area contributed by atoms with Crippen LogP contribution in [0, 0.1) is 13.8 Å². The summed E-state index contributed by atoms with van der Waals surface area (Å²) in [6, 6.07) is 7.52. The minimum absolute atomic E-state index is 0.0764. The lowest BCUT2D eigenvalue weighted by Crippen LogP contribution is -2.16. The number of benzene rings is 2. The lowest BCUT2D eigenvalue weighted by Gasteiger charge is -2.15. The smallest absolute Gasteiger partial charge is 0.339 e. The van der Waals surface area contributed by atoms with E-state index in [1.54, 1.807) is 26.0 Å². The zero-order chi connectivity index (χ0) is 18.8. The Morgan fingerprint density at radius 3 is 2.20 bits per heavy atom. The first-order valence-corrected chi connectivity index (χ1v) is 9.11. The molecule has 6 nitrogen and oxygen atoms in total. The van der Waals surface area contributed by atoms with Gasteiger partial charge in [-0.1, -0.05) is 11.6 Å². The molecule has 0 atom stereocenters. The predicted molar refractivity (Wildman–Crippen MR) is 96.1 cm³/mol. The van der Waals surface area contributed by atoms with Crippen molar-refractivity contribution in [1.82, 2.24) is 0 Å². The van der Waals surface area contributed by atoms with Gasteiger partial charge in [-0.3, -0.25) is 4.72 Å². The first kappa shape index (κ1) is 19.1. The van der Waals surface area contributed by atoms with Crippen molar-refractivity contribution in [3.8, 4) is 5.75 Å². The van der Waals surface area contributed by atoms with Crippen LogP contribution >= 0.6 is 11.6 Å². The summed E-state index contributed by atoms with van der Waals surface area (Å²) in [5, 5.41) is 0.173. The standard InChI is InChI=1S/C17H18ClNO5S/c1-10-7-13(23-3)8-11(2)16(10)25(21,22)19-12-5-6-15(18)14(9-12)17(20)24-4/h5-9,19H,1-4H3. The second-order valence-corrected chi connectivity index (χ2v) is 7.41. The first-order valence-electron chi connectivity index (χ1n) is 7.25. The average Bonchev–Trinajstić information content (AvgIpc) is 2.54. The van der Waals surface area contributed by atoms with Gasteiger partial charge in [0.05, 0.1) is 29.7 Å². The summed E-state index contributed by atoms with van der Waals surface area (Å²) in [7, 11) is -1.12. The van der Waals surface area contributed by atoms with Gasteiger partial charge < -0.3 is 9.47 Å². The number of halogens is 1. The maximum Gasteiger partial charge on any atom is 0.339 e. The second kappa shape index (κ2) is 7.33.